The molecule has 2 rings (SSSR count). The molecule has 1 amide bonds. The molecule has 1 fully saturated rings. The van der Waals surface area contributed by atoms with Crippen molar-refractivity contribution in [2.45, 2.75) is 26.2 Å². The van der Waals surface area contributed by atoms with Crippen molar-refractivity contribution in [1.82, 2.24) is 10.2 Å². The fraction of sp³-hybridized carbons (Fsp3) is 0.588. The zero-order valence-electron chi connectivity index (χ0n) is 13.3. The highest BCUT2D eigenvalue weighted by Crippen LogP contribution is 2.20. The molecule has 0 radical (unpaired) electrons. The van der Waals surface area contributed by atoms with Crippen LogP contribution in [-0.4, -0.2) is 44.1 Å². The number of benzene rings is 1. The smallest absolute Gasteiger partial charge is 0.260 e. The second-order valence-corrected chi connectivity index (χ2v) is 6.07. The van der Waals surface area contributed by atoms with Crippen molar-refractivity contribution in [2.75, 3.05) is 33.3 Å². The van der Waals surface area contributed by atoms with E-state index in [1.807, 2.05) is 30.1 Å². The maximum Gasteiger partial charge on any atom is 0.260 e. The molecule has 21 heavy (non-hydrogen) atoms. The number of nitrogens with zero attached hydrogens (tertiary/aromatic N) is 1. The van der Waals surface area contributed by atoms with E-state index >= 15 is 0 Å². The summed E-state index contributed by atoms with van der Waals surface area (Å²) < 4.78 is 5.66. The minimum Gasteiger partial charge on any atom is -0.484 e. The van der Waals surface area contributed by atoms with E-state index in [1.54, 1.807) is 0 Å². The molecule has 1 atom stereocenters. The molecule has 0 saturated carbocycles. The molecule has 4 nitrogen and oxygen atoms in total. The van der Waals surface area contributed by atoms with Gasteiger partial charge in [0.25, 0.3) is 5.91 Å². The third-order valence-corrected chi connectivity index (χ3v) is 4.02. The van der Waals surface area contributed by atoms with Gasteiger partial charge in [0, 0.05) is 13.1 Å². The predicted octanol–water partition coefficient (Wildman–Crippen LogP) is 2.26. The number of rotatable bonds is 6. The monoisotopic (exact) mass is 290 g/mol. The number of likely N-dealkylation sites (tertiary alicyclic amines) is 1. The lowest BCUT2D eigenvalue weighted by atomic mass is 10.0. The standard InChI is InChI=1S/C17H26N2O2/c1-13(2)15-5-4-6-16(9-15)21-12-17(20)19-8-7-14(11-19)10-18-3/h4-6,9,13-14,18H,7-8,10-12H2,1-3H3. The van der Waals surface area contributed by atoms with E-state index in [2.05, 4.69) is 25.2 Å². The highest BCUT2D eigenvalue weighted by molar-refractivity contribution is 5.78. The van der Waals surface area contributed by atoms with E-state index in [-0.39, 0.29) is 12.5 Å². The van der Waals surface area contributed by atoms with Crippen LogP contribution in [0.15, 0.2) is 24.3 Å². The molecule has 4 heteroatoms. The maximum absolute atomic E-state index is 12.2. The van der Waals surface area contributed by atoms with Gasteiger partial charge < -0.3 is 15.0 Å². The van der Waals surface area contributed by atoms with Gasteiger partial charge in [0.1, 0.15) is 5.75 Å². The quantitative estimate of drug-likeness (QED) is 0.874. The highest BCUT2D eigenvalue weighted by atomic mass is 16.5. The number of amides is 1. The lowest BCUT2D eigenvalue weighted by molar-refractivity contribution is -0.132. The average Bonchev–Trinajstić information content (AvgIpc) is 2.94. The first-order valence-corrected chi connectivity index (χ1v) is 7.75. The number of hydrogen-bond acceptors (Lipinski definition) is 3. The van der Waals surface area contributed by atoms with Crippen LogP contribution in [-0.2, 0) is 4.79 Å². The SMILES string of the molecule is CNCC1CCN(C(=O)COc2cccc(C(C)C)c2)C1. The Bertz CT molecular complexity index is 474. The van der Waals surface area contributed by atoms with Gasteiger partial charge in [-0.05, 0) is 49.5 Å². The van der Waals surface area contributed by atoms with Crippen LogP contribution in [0, 0.1) is 5.92 Å². The molecule has 1 aliphatic heterocycles. The number of carbonyl (C=O) groups is 1. The van der Waals surface area contributed by atoms with E-state index in [0.29, 0.717) is 11.8 Å². The van der Waals surface area contributed by atoms with E-state index in [9.17, 15) is 4.79 Å². The van der Waals surface area contributed by atoms with Crippen LogP contribution in [0.5, 0.6) is 5.75 Å². The van der Waals surface area contributed by atoms with E-state index in [1.165, 1.54) is 5.56 Å². The Morgan fingerprint density at radius 2 is 2.29 bits per heavy atom. The second-order valence-electron chi connectivity index (χ2n) is 6.07. The summed E-state index contributed by atoms with van der Waals surface area (Å²) in [6, 6.07) is 7.99. The summed E-state index contributed by atoms with van der Waals surface area (Å²) in [6.07, 6.45) is 1.08. The Balaban J connectivity index is 1.83. The Morgan fingerprint density at radius 1 is 1.48 bits per heavy atom. The molecule has 1 saturated heterocycles. The Morgan fingerprint density at radius 3 is 3.00 bits per heavy atom. The van der Waals surface area contributed by atoms with Gasteiger partial charge in [-0.2, -0.15) is 0 Å². The van der Waals surface area contributed by atoms with Crippen LogP contribution in [0.4, 0.5) is 0 Å². The zero-order chi connectivity index (χ0) is 15.2. The van der Waals surface area contributed by atoms with Gasteiger partial charge in [0.15, 0.2) is 6.61 Å². The van der Waals surface area contributed by atoms with Gasteiger partial charge in [-0.3, -0.25) is 4.79 Å². The minimum atomic E-state index is 0.0866. The van der Waals surface area contributed by atoms with Gasteiger partial charge in [-0.15, -0.1) is 0 Å². The number of ether oxygens (including phenoxy) is 1. The molecule has 1 aliphatic rings. The van der Waals surface area contributed by atoms with Crippen LogP contribution in [0.3, 0.4) is 0 Å². The van der Waals surface area contributed by atoms with Crippen molar-refractivity contribution in [1.29, 1.82) is 0 Å². The molecule has 1 heterocycles. The number of nitrogens with one attached hydrogen (secondary N) is 1. The van der Waals surface area contributed by atoms with E-state index < -0.39 is 0 Å². The first-order valence-electron chi connectivity index (χ1n) is 7.75. The highest BCUT2D eigenvalue weighted by Gasteiger charge is 2.25. The largest absolute Gasteiger partial charge is 0.484 e. The fourth-order valence-electron chi connectivity index (χ4n) is 2.71. The molecule has 0 aromatic heterocycles. The molecule has 0 spiro atoms. The molecule has 1 unspecified atom stereocenters. The Labute approximate surface area is 127 Å². The third-order valence-electron chi connectivity index (χ3n) is 4.02. The van der Waals surface area contributed by atoms with Crippen molar-refractivity contribution in [3.8, 4) is 5.75 Å². The first kappa shape index (κ1) is 15.8. The lowest BCUT2D eigenvalue weighted by Gasteiger charge is -2.17. The second kappa shape index (κ2) is 7.46. The minimum absolute atomic E-state index is 0.0866. The zero-order valence-corrected chi connectivity index (χ0v) is 13.3. The maximum atomic E-state index is 12.2. The lowest BCUT2D eigenvalue weighted by Crippen LogP contribution is -2.34. The van der Waals surface area contributed by atoms with Crippen LogP contribution in [0.2, 0.25) is 0 Å². The molecule has 0 aliphatic carbocycles. The number of carbonyl (C=O) groups excluding carboxylic acids is 1. The van der Waals surface area contributed by atoms with Gasteiger partial charge in [-0.1, -0.05) is 26.0 Å². The number of hydrogen-bond donors (Lipinski definition) is 1. The Kier molecular flexibility index (Phi) is 5.62. The molecule has 1 N–H and O–H groups in total. The van der Waals surface area contributed by atoms with Crippen molar-refractivity contribution < 1.29 is 9.53 Å². The topological polar surface area (TPSA) is 41.6 Å². The summed E-state index contributed by atoms with van der Waals surface area (Å²) in [5.74, 6) is 1.90. The summed E-state index contributed by atoms with van der Waals surface area (Å²) in [5, 5.41) is 3.17. The normalized spacial score (nSPS) is 18.3. The van der Waals surface area contributed by atoms with Crippen LogP contribution in [0.1, 0.15) is 31.7 Å². The van der Waals surface area contributed by atoms with Gasteiger partial charge in [0.05, 0.1) is 0 Å². The van der Waals surface area contributed by atoms with Crippen molar-refractivity contribution in [2.24, 2.45) is 5.92 Å². The Hall–Kier alpha value is -1.55. The predicted molar refractivity (Wildman–Crippen MR) is 84.6 cm³/mol. The molecular formula is C17H26N2O2. The molecular weight excluding hydrogens is 264 g/mol. The fourth-order valence-corrected chi connectivity index (χ4v) is 2.71. The van der Waals surface area contributed by atoms with Gasteiger partial charge in [0.2, 0.25) is 0 Å². The van der Waals surface area contributed by atoms with Gasteiger partial charge in [-0.25, -0.2) is 0 Å². The third kappa shape index (κ3) is 4.46. The van der Waals surface area contributed by atoms with Gasteiger partial charge >= 0.3 is 0 Å². The summed E-state index contributed by atoms with van der Waals surface area (Å²) >= 11 is 0. The van der Waals surface area contributed by atoms with Crippen molar-refractivity contribution in [3.05, 3.63) is 29.8 Å². The summed E-state index contributed by atoms with van der Waals surface area (Å²) in [7, 11) is 1.95. The van der Waals surface area contributed by atoms with Crippen molar-refractivity contribution >= 4 is 5.91 Å². The summed E-state index contributed by atoms with van der Waals surface area (Å²) in [4.78, 5) is 14.1. The first-order chi connectivity index (χ1) is 10.1. The molecule has 0 bridgehead atoms. The van der Waals surface area contributed by atoms with Crippen LogP contribution in [0.25, 0.3) is 0 Å². The van der Waals surface area contributed by atoms with Crippen LogP contribution < -0.4 is 10.1 Å². The van der Waals surface area contributed by atoms with Crippen molar-refractivity contribution in [3.63, 3.8) is 0 Å². The molecule has 116 valence electrons. The van der Waals surface area contributed by atoms with Crippen LogP contribution >= 0.6 is 0 Å². The van der Waals surface area contributed by atoms with E-state index in [4.69, 9.17) is 4.74 Å². The summed E-state index contributed by atoms with van der Waals surface area (Å²) in [6.45, 7) is 7.09. The molecule has 1 aromatic carbocycles. The molecule has 1 aromatic rings. The summed E-state index contributed by atoms with van der Waals surface area (Å²) in [5.41, 5.74) is 1.23. The van der Waals surface area contributed by atoms with E-state index in [0.717, 1.165) is 31.8 Å². The average molecular weight is 290 g/mol.